The van der Waals surface area contributed by atoms with Gasteiger partial charge in [-0.15, -0.1) is 0 Å². The quantitative estimate of drug-likeness (QED) is 0.877. The van der Waals surface area contributed by atoms with Gasteiger partial charge in [-0.1, -0.05) is 37.3 Å². The van der Waals surface area contributed by atoms with Gasteiger partial charge in [0.1, 0.15) is 0 Å². The fraction of sp³-hybridized carbons (Fsp3) is 0.588. The van der Waals surface area contributed by atoms with Crippen molar-refractivity contribution in [2.45, 2.75) is 31.9 Å². The number of hydrogen-bond donors (Lipinski definition) is 1. The van der Waals surface area contributed by atoms with Crippen LogP contribution in [0.5, 0.6) is 0 Å². The van der Waals surface area contributed by atoms with Crippen molar-refractivity contribution in [2.24, 2.45) is 11.8 Å². The molecule has 2 fully saturated rings. The van der Waals surface area contributed by atoms with E-state index in [0.29, 0.717) is 29.7 Å². The Morgan fingerprint density at radius 3 is 2.95 bits per heavy atom. The lowest BCUT2D eigenvalue weighted by Crippen LogP contribution is -2.62. The number of carbonyl (C=O) groups excluding carboxylic acids is 1. The van der Waals surface area contributed by atoms with E-state index in [1.165, 1.54) is 5.56 Å². The Hall–Kier alpha value is -1.00. The molecule has 2 aliphatic rings. The molecule has 1 aromatic rings. The van der Waals surface area contributed by atoms with Crippen LogP contribution < -0.4 is 5.32 Å². The normalized spacial score (nSPS) is 30.5. The van der Waals surface area contributed by atoms with Crippen LogP contribution in [0.15, 0.2) is 30.3 Å². The molecule has 1 aromatic carbocycles. The average molecular weight is 305 g/mol. The summed E-state index contributed by atoms with van der Waals surface area (Å²) in [5.41, 5.74) is 1.33. The van der Waals surface area contributed by atoms with E-state index in [1.54, 1.807) is 11.8 Å². The molecule has 0 aromatic heterocycles. The molecule has 1 N–H and O–H groups in total. The summed E-state index contributed by atoms with van der Waals surface area (Å²) in [7, 11) is 0. The van der Waals surface area contributed by atoms with Gasteiger partial charge in [-0.2, -0.15) is 11.8 Å². The second-order valence-corrected chi connectivity index (χ2v) is 7.15. The number of amides is 1. The van der Waals surface area contributed by atoms with E-state index < -0.39 is 0 Å². The highest BCUT2D eigenvalue weighted by molar-refractivity contribution is 7.99. The molecule has 1 saturated carbocycles. The average Bonchev–Trinajstić information content (AvgIpc) is 2.94. The summed E-state index contributed by atoms with van der Waals surface area (Å²) in [6.45, 7) is 2.93. The van der Waals surface area contributed by atoms with Crippen LogP contribution in [-0.2, 0) is 16.0 Å². The lowest BCUT2D eigenvalue weighted by molar-refractivity contribution is -0.124. The van der Waals surface area contributed by atoms with Crippen molar-refractivity contribution in [3.8, 4) is 0 Å². The number of ether oxygens (including phenoxy) is 1. The Kier molecular flexibility index (Phi) is 4.86. The van der Waals surface area contributed by atoms with E-state index in [1.807, 2.05) is 6.07 Å². The molecule has 0 spiro atoms. The molecule has 1 saturated heterocycles. The van der Waals surface area contributed by atoms with Gasteiger partial charge < -0.3 is 10.1 Å². The first-order valence-electron chi connectivity index (χ1n) is 7.82. The topological polar surface area (TPSA) is 38.3 Å². The van der Waals surface area contributed by atoms with Crippen molar-refractivity contribution in [3.05, 3.63) is 35.9 Å². The van der Waals surface area contributed by atoms with Gasteiger partial charge in [0, 0.05) is 24.5 Å². The summed E-state index contributed by atoms with van der Waals surface area (Å²) >= 11 is 1.68. The fourth-order valence-corrected chi connectivity index (χ4v) is 4.07. The molecule has 1 aliphatic carbocycles. The standard InChI is InChI=1S/C17H23NO2S/c1-2-21-11-15(19)18-16-13-8-9-20-17(13)14(16)10-12-6-4-3-5-7-12/h3-7,13-14,16-17H,2,8-11H2,1H3,(H,18,19)/t13-,14+,16-,17-/m0/s1. The van der Waals surface area contributed by atoms with E-state index in [0.717, 1.165) is 25.2 Å². The van der Waals surface area contributed by atoms with E-state index in [-0.39, 0.29) is 5.91 Å². The van der Waals surface area contributed by atoms with Crippen molar-refractivity contribution in [1.29, 1.82) is 0 Å². The summed E-state index contributed by atoms with van der Waals surface area (Å²) in [6.07, 6.45) is 2.42. The van der Waals surface area contributed by atoms with Crippen LogP contribution in [0, 0.1) is 11.8 Å². The van der Waals surface area contributed by atoms with Crippen molar-refractivity contribution in [3.63, 3.8) is 0 Å². The SMILES string of the molecule is CCSCC(=O)N[C@@H]1[C@@H](Cc2ccccc2)[C@H]2OCC[C@@H]12. The van der Waals surface area contributed by atoms with Gasteiger partial charge in [0.05, 0.1) is 11.9 Å². The Balaban J connectivity index is 1.62. The molecule has 114 valence electrons. The number of hydrogen-bond acceptors (Lipinski definition) is 3. The van der Waals surface area contributed by atoms with Crippen LogP contribution in [0.3, 0.4) is 0 Å². The number of nitrogens with one attached hydrogen (secondary N) is 1. The van der Waals surface area contributed by atoms with Crippen LogP contribution in [0.1, 0.15) is 18.9 Å². The van der Waals surface area contributed by atoms with E-state index >= 15 is 0 Å². The van der Waals surface area contributed by atoms with Crippen molar-refractivity contribution < 1.29 is 9.53 Å². The number of rotatable bonds is 6. The van der Waals surface area contributed by atoms with E-state index in [2.05, 4.69) is 36.5 Å². The predicted octanol–water partition coefficient (Wildman–Crippen LogP) is 2.50. The third-order valence-corrected chi connectivity index (χ3v) is 5.48. The molecule has 1 amide bonds. The predicted molar refractivity (Wildman–Crippen MR) is 86.4 cm³/mol. The van der Waals surface area contributed by atoms with Crippen molar-refractivity contribution in [2.75, 3.05) is 18.1 Å². The highest BCUT2D eigenvalue weighted by atomic mass is 32.2. The molecule has 3 rings (SSSR count). The van der Waals surface area contributed by atoms with Crippen LogP contribution in [0.4, 0.5) is 0 Å². The number of carbonyl (C=O) groups is 1. The molecule has 0 unspecified atom stereocenters. The third-order valence-electron chi connectivity index (χ3n) is 4.61. The molecule has 3 nitrogen and oxygen atoms in total. The first-order valence-corrected chi connectivity index (χ1v) is 8.97. The zero-order chi connectivity index (χ0) is 14.7. The van der Waals surface area contributed by atoms with Gasteiger partial charge in [0.15, 0.2) is 0 Å². The Bertz CT molecular complexity index is 479. The van der Waals surface area contributed by atoms with Crippen LogP contribution in [-0.4, -0.2) is 36.2 Å². The van der Waals surface area contributed by atoms with Gasteiger partial charge >= 0.3 is 0 Å². The maximum Gasteiger partial charge on any atom is 0.230 e. The van der Waals surface area contributed by atoms with Gasteiger partial charge in [0.2, 0.25) is 5.91 Å². The summed E-state index contributed by atoms with van der Waals surface area (Å²) in [4.78, 5) is 12.0. The monoisotopic (exact) mass is 305 g/mol. The molecule has 4 atom stereocenters. The molecule has 0 radical (unpaired) electrons. The molecular weight excluding hydrogens is 282 g/mol. The first-order chi connectivity index (χ1) is 10.3. The summed E-state index contributed by atoms with van der Waals surface area (Å²) in [5, 5.41) is 3.25. The summed E-state index contributed by atoms with van der Waals surface area (Å²) in [6, 6.07) is 10.8. The highest BCUT2D eigenvalue weighted by Crippen LogP contribution is 2.45. The molecule has 0 bridgehead atoms. The largest absolute Gasteiger partial charge is 0.377 e. The second kappa shape index (κ2) is 6.84. The van der Waals surface area contributed by atoms with Crippen LogP contribution >= 0.6 is 11.8 Å². The second-order valence-electron chi connectivity index (χ2n) is 5.87. The Morgan fingerprint density at radius 1 is 1.38 bits per heavy atom. The Morgan fingerprint density at radius 2 is 2.19 bits per heavy atom. The number of benzene rings is 1. The first kappa shape index (κ1) is 14.9. The maximum absolute atomic E-state index is 12.0. The number of fused-ring (bicyclic) bond motifs is 1. The minimum atomic E-state index is 0.176. The molecule has 1 aliphatic heterocycles. The molecule has 4 heteroatoms. The zero-order valence-electron chi connectivity index (χ0n) is 12.5. The Labute approximate surface area is 130 Å². The van der Waals surface area contributed by atoms with Gasteiger partial charge in [-0.05, 0) is 24.2 Å². The van der Waals surface area contributed by atoms with Crippen LogP contribution in [0.2, 0.25) is 0 Å². The molecule has 21 heavy (non-hydrogen) atoms. The van der Waals surface area contributed by atoms with Crippen molar-refractivity contribution in [1.82, 2.24) is 5.32 Å². The molecular formula is C17H23NO2S. The van der Waals surface area contributed by atoms with Crippen molar-refractivity contribution >= 4 is 17.7 Å². The smallest absolute Gasteiger partial charge is 0.230 e. The van der Waals surface area contributed by atoms with Crippen LogP contribution in [0.25, 0.3) is 0 Å². The maximum atomic E-state index is 12.0. The minimum absolute atomic E-state index is 0.176. The summed E-state index contributed by atoms with van der Waals surface area (Å²) < 4.78 is 5.87. The molecule has 1 heterocycles. The lowest BCUT2D eigenvalue weighted by atomic mass is 9.64. The van der Waals surface area contributed by atoms with Gasteiger partial charge in [-0.25, -0.2) is 0 Å². The fourth-order valence-electron chi connectivity index (χ4n) is 3.60. The number of thioether (sulfide) groups is 1. The summed E-state index contributed by atoms with van der Waals surface area (Å²) in [5.74, 6) is 2.68. The van der Waals surface area contributed by atoms with Gasteiger partial charge in [0.25, 0.3) is 0 Å². The minimum Gasteiger partial charge on any atom is -0.377 e. The zero-order valence-corrected chi connectivity index (χ0v) is 13.3. The van der Waals surface area contributed by atoms with E-state index in [4.69, 9.17) is 4.74 Å². The van der Waals surface area contributed by atoms with Gasteiger partial charge in [-0.3, -0.25) is 4.79 Å². The highest BCUT2D eigenvalue weighted by Gasteiger charge is 2.53. The van der Waals surface area contributed by atoms with E-state index in [9.17, 15) is 4.79 Å². The lowest BCUT2D eigenvalue weighted by Gasteiger charge is -2.48. The third kappa shape index (κ3) is 3.27.